The van der Waals surface area contributed by atoms with Crippen LogP contribution >= 0.6 is 0 Å². The molecule has 0 saturated heterocycles. The van der Waals surface area contributed by atoms with E-state index in [2.05, 4.69) is 0 Å². The summed E-state index contributed by atoms with van der Waals surface area (Å²) in [5.41, 5.74) is -0.0846. The van der Waals surface area contributed by atoms with Gasteiger partial charge in [-0.1, -0.05) is 36.4 Å². The SMILES string of the molecule is COc1ccc(C(C)(F)c2cc(OC)c(OC)c(OC)c2)cc1OCc1ccccc1. The summed E-state index contributed by atoms with van der Waals surface area (Å²) in [6, 6.07) is 18.0. The van der Waals surface area contributed by atoms with E-state index in [4.69, 9.17) is 23.7 Å². The highest BCUT2D eigenvalue weighted by Gasteiger charge is 2.32. The number of halogens is 1. The minimum absolute atomic E-state index is 0.341. The molecule has 0 radical (unpaired) electrons. The van der Waals surface area contributed by atoms with Gasteiger partial charge in [-0.3, -0.25) is 0 Å². The summed E-state index contributed by atoms with van der Waals surface area (Å²) in [5, 5.41) is 0. The second-order valence-corrected chi connectivity index (χ2v) is 7.06. The van der Waals surface area contributed by atoms with Gasteiger partial charge in [0.2, 0.25) is 5.75 Å². The largest absolute Gasteiger partial charge is 0.493 e. The Morgan fingerprint density at radius 2 is 1.26 bits per heavy atom. The molecule has 3 rings (SSSR count). The van der Waals surface area contributed by atoms with E-state index >= 15 is 4.39 Å². The molecule has 6 heteroatoms. The van der Waals surface area contributed by atoms with Crippen LogP contribution in [-0.4, -0.2) is 28.4 Å². The van der Waals surface area contributed by atoms with Gasteiger partial charge in [0.05, 0.1) is 28.4 Å². The van der Waals surface area contributed by atoms with Gasteiger partial charge in [-0.2, -0.15) is 0 Å². The van der Waals surface area contributed by atoms with Crippen LogP contribution in [0.2, 0.25) is 0 Å². The molecule has 0 amide bonds. The Labute approximate surface area is 182 Å². The minimum atomic E-state index is -1.86. The summed E-state index contributed by atoms with van der Waals surface area (Å²) >= 11 is 0. The molecule has 3 aromatic carbocycles. The lowest BCUT2D eigenvalue weighted by atomic mass is 9.89. The van der Waals surface area contributed by atoms with Crippen LogP contribution in [0.1, 0.15) is 23.6 Å². The fourth-order valence-electron chi connectivity index (χ4n) is 3.34. The molecule has 5 nitrogen and oxygen atoms in total. The Bertz CT molecular complexity index is 993. The quantitative estimate of drug-likeness (QED) is 0.450. The lowest BCUT2D eigenvalue weighted by Gasteiger charge is -2.25. The first-order valence-electron chi connectivity index (χ1n) is 9.79. The van der Waals surface area contributed by atoms with Crippen LogP contribution in [0.5, 0.6) is 28.7 Å². The average Bonchev–Trinajstić information content (AvgIpc) is 2.81. The smallest absolute Gasteiger partial charge is 0.203 e. The maximum atomic E-state index is 16.2. The summed E-state index contributed by atoms with van der Waals surface area (Å²) in [6.07, 6.45) is 0. The lowest BCUT2D eigenvalue weighted by Crippen LogP contribution is -2.18. The molecule has 0 bridgehead atoms. The van der Waals surface area contributed by atoms with Crippen LogP contribution < -0.4 is 23.7 Å². The van der Waals surface area contributed by atoms with Gasteiger partial charge in [-0.05, 0) is 42.3 Å². The van der Waals surface area contributed by atoms with Crippen molar-refractivity contribution in [1.82, 2.24) is 0 Å². The fourth-order valence-corrected chi connectivity index (χ4v) is 3.34. The van der Waals surface area contributed by atoms with Crippen molar-refractivity contribution in [3.8, 4) is 28.7 Å². The van der Waals surface area contributed by atoms with Crippen molar-refractivity contribution in [3.63, 3.8) is 0 Å². The van der Waals surface area contributed by atoms with E-state index in [-0.39, 0.29) is 0 Å². The van der Waals surface area contributed by atoms with E-state index in [0.29, 0.717) is 46.5 Å². The molecular formula is C25H27FO5. The normalized spacial score (nSPS) is 12.6. The van der Waals surface area contributed by atoms with E-state index in [1.807, 2.05) is 30.3 Å². The third-order valence-electron chi connectivity index (χ3n) is 5.15. The second-order valence-electron chi connectivity index (χ2n) is 7.06. The van der Waals surface area contributed by atoms with Crippen molar-refractivity contribution >= 4 is 0 Å². The first-order chi connectivity index (χ1) is 14.9. The maximum absolute atomic E-state index is 16.2. The second kappa shape index (κ2) is 9.60. The van der Waals surface area contributed by atoms with Crippen molar-refractivity contribution in [2.45, 2.75) is 19.2 Å². The average molecular weight is 426 g/mol. The molecule has 0 aliphatic carbocycles. The highest BCUT2D eigenvalue weighted by molar-refractivity contribution is 5.57. The molecule has 0 aliphatic rings. The number of ether oxygens (including phenoxy) is 5. The maximum Gasteiger partial charge on any atom is 0.203 e. The van der Waals surface area contributed by atoms with Crippen molar-refractivity contribution < 1.29 is 28.1 Å². The molecule has 0 aliphatic heterocycles. The Hall–Kier alpha value is -3.41. The summed E-state index contributed by atoms with van der Waals surface area (Å²) in [6.45, 7) is 1.82. The topological polar surface area (TPSA) is 46.2 Å². The minimum Gasteiger partial charge on any atom is -0.493 e. The van der Waals surface area contributed by atoms with Gasteiger partial charge in [0.15, 0.2) is 28.7 Å². The van der Waals surface area contributed by atoms with Gasteiger partial charge in [-0.15, -0.1) is 0 Å². The van der Waals surface area contributed by atoms with Gasteiger partial charge in [-0.25, -0.2) is 4.39 Å². The monoisotopic (exact) mass is 426 g/mol. The number of hydrogen-bond acceptors (Lipinski definition) is 5. The van der Waals surface area contributed by atoms with E-state index in [1.54, 1.807) is 37.4 Å². The summed E-state index contributed by atoms with van der Waals surface area (Å²) in [7, 11) is 6.06. The third kappa shape index (κ3) is 4.68. The van der Waals surface area contributed by atoms with Gasteiger partial charge in [0.1, 0.15) is 6.61 Å². The molecule has 0 fully saturated rings. The molecule has 0 saturated carbocycles. The highest BCUT2D eigenvalue weighted by atomic mass is 19.1. The molecule has 0 heterocycles. The summed E-state index contributed by atoms with van der Waals surface area (Å²) in [4.78, 5) is 0. The van der Waals surface area contributed by atoms with Gasteiger partial charge in [0, 0.05) is 5.56 Å². The number of alkyl halides is 1. The van der Waals surface area contributed by atoms with Crippen molar-refractivity contribution in [2.75, 3.05) is 28.4 Å². The summed E-state index contributed by atoms with van der Waals surface area (Å²) < 4.78 is 43.6. The van der Waals surface area contributed by atoms with Crippen molar-refractivity contribution in [1.29, 1.82) is 0 Å². The van der Waals surface area contributed by atoms with Gasteiger partial charge < -0.3 is 23.7 Å². The summed E-state index contributed by atoms with van der Waals surface area (Å²) in [5.74, 6) is 2.16. The molecule has 0 N–H and O–H groups in total. The molecule has 0 aromatic heterocycles. The van der Waals surface area contributed by atoms with Crippen LogP contribution in [0.25, 0.3) is 0 Å². The van der Waals surface area contributed by atoms with Crippen LogP contribution in [0.3, 0.4) is 0 Å². The van der Waals surface area contributed by atoms with Crippen molar-refractivity contribution in [2.24, 2.45) is 0 Å². The van der Waals surface area contributed by atoms with Crippen LogP contribution in [0.15, 0.2) is 60.7 Å². The fraction of sp³-hybridized carbons (Fsp3) is 0.280. The highest BCUT2D eigenvalue weighted by Crippen LogP contribution is 2.45. The molecule has 31 heavy (non-hydrogen) atoms. The molecule has 0 spiro atoms. The number of methoxy groups -OCH3 is 4. The Morgan fingerprint density at radius 1 is 0.677 bits per heavy atom. The number of rotatable bonds is 9. The molecule has 1 unspecified atom stereocenters. The number of benzene rings is 3. The van der Waals surface area contributed by atoms with E-state index in [1.165, 1.54) is 28.3 Å². The van der Waals surface area contributed by atoms with Crippen LogP contribution in [-0.2, 0) is 12.3 Å². The Kier molecular flexibility index (Phi) is 6.90. The van der Waals surface area contributed by atoms with Crippen LogP contribution in [0, 0.1) is 0 Å². The molecule has 164 valence electrons. The lowest BCUT2D eigenvalue weighted by molar-refractivity contribution is 0.243. The Balaban J connectivity index is 1.99. The zero-order chi connectivity index (χ0) is 22.4. The predicted molar refractivity (Wildman–Crippen MR) is 117 cm³/mol. The van der Waals surface area contributed by atoms with Crippen LogP contribution in [0.4, 0.5) is 4.39 Å². The number of hydrogen-bond donors (Lipinski definition) is 0. The van der Waals surface area contributed by atoms with E-state index in [0.717, 1.165) is 5.56 Å². The molecular weight excluding hydrogens is 399 g/mol. The van der Waals surface area contributed by atoms with E-state index < -0.39 is 5.67 Å². The zero-order valence-electron chi connectivity index (χ0n) is 18.4. The standard InChI is InChI=1S/C25H27FO5/c1-25(26,19-14-22(28-3)24(30-5)23(15-19)29-4)18-11-12-20(27-2)21(13-18)31-16-17-9-7-6-8-10-17/h6-15H,16H2,1-5H3. The molecule has 1 atom stereocenters. The van der Waals surface area contributed by atoms with E-state index in [9.17, 15) is 0 Å². The first-order valence-corrected chi connectivity index (χ1v) is 9.79. The van der Waals surface area contributed by atoms with Gasteiger partial charge >= 0.3 is 0 Å². The first kappa shape index (κ1) is 22.3. The zero-order valence-corrected chi connectivity index (χ0v) is 18.4. The Morgan fingerprint density at radius 3 is 1.81 bits per heavy atom. The third-order valence-corrected chi connectivity index (χ3v) is 5.15. The van der Waals surface area contributed by atoms with Crippen molar-refractivity contribution in [3.05, 3.63) is 77.4 Å². The van der Waals surface area contributed by atoms with Gasteiger partial charge in [0.25, 0.3) is 0 Å². The predicted octanol–water partition coefficient (Wildman–Crippen LogP) is 5.53. The molecule has 3 aromatic rings.